The van der Waals surface area contributed by atoms with Gasteiger partial charge in [-0.1, -0.05) is 50.6 Å². The molecule has 0 radical (unpaired) electrons. The Labute approximate surface area is 178 Å². The molecular formula is C24H28ClN3O. The van der Waals surface area contributed by atoms with Gasteiger partial charge in [0.15, 0.2) is 0 Å². The van der Waals surface area contributed by atoms with E-state index in [9.17, 15) is 0 Å². The van der Waals surface area contributed by atoms with E-state index in [1.807, 2.05) is 48.5 Å². The van der Waals surface area contributed by atoms with Gasteiger partial charge in [0.05, 0.1) is 24.0 Å². The molecule has 0 unspecified atom stereocenters. The van der Waals surface area contributed by atoms with Gasteiger partial charge in [-0.15, -0.1) is 0 Å². The van der Waals surface area contributed by atoms with Crippen LogP contribution in [0, 0.1) is 0 Å². The Morgan fingerprint density at radius 3 is 2.62 bits per heavy atom. The van der Waals surface area contributed by atoms with E-state index in [0.29, 0.717) is 5.02 Å². The second-order valence-corrected chi connectivity index (χ2v) is 7.51. The molecule has 1 heterocycles. The highest BCUT2D eigenvalue weighted by Gasteiger charge is 2.01. The number of nitrogens with one attached hydrogen (secondary N) is 1. The first-order valence-electron chi connectivity index (χ1n) is 10.3. The molecule has 29 heavy (non-hydrogen) atoms. The van der Waals surface area contributed by atoms with E-state index in [1.54, 1.807) is 12.4 Å². The van der Waals surface area contributed by atoms with Crippen LogP contribution in [0.4, 0.5) is 5.69 Å². The van der Waals surface area contributed by atoms with Crippen molar-refractivity contribution < 1.29 is 4.74 Å². The van der Waals surface area contributed by atoms with E-state index in [2.05, 4.69) is 22.4 Å². The van der Waals surface area contributed by atoms with Gasteiger partial charge in [0.25, 0.3) is 0 Å². The van der Waals surface area contributed by atoms with Crippen LogP contribution < -0.4 is 10.2 Å². The fourth-order valence-electron chi connectivity index (χ4n) is 3.12. The van der Waals surface area contributed by atoms with Gasteiger partial charge in [0.1, 0.15) is 5.75 Å². The minimum Gasteiger partial charge on any atom is -0.494 e. The van der Waals surface area contributed by atoms with Crippen molar-refractivity contribution in [3.05, 3.63) is 65.3 Å². The van der Waals surface area contributed by atoms with Gasteiger partial charge in [-0.25, -0.2) is 0 Å². The van der Waals surface area contributed by atoms with Crippen molar-refractivity contribution in [2.24, 2.45) is 5.10 Å². The van der Waals surface area contributed by atoms with Crippen molar-refractivity contribution in [3.8, 4) is 5.75 Å². The molecule has 4 nitrogen and oxygen atoms in total. The number of hydrogen-bond donors (Lipinski definition) is 1. The third-order valence-corrected chi connectivity index (χ3v) is 4.99. The van der Waals surface area contributed by atoms with Crippen molar-refractivity contribution >= 4 is 34.4 Å². The molecule has 1 N–H and O–H groups in total. The smallest absolute Gasteiger partial charge is 0.119 e. The summed E-state index contributed by atoms with van der Waals surface area (Å²) in [5.41, 5.74) is 5.82. The molecule has 3 rings (SSSR count). The molecule has 0 amide bonds. The zero-order chi connectivity index (χ0) is 20.3. The minimum atomic E-state index is 0.671. The van der Waals surface area contributed by atoms with Gasteiger partial charge >= 0.3 is 0 Å². The average Bonchev–Trinajstić information content (AvgIpc) is 2.74. The Bertz CT molecular complexity index is 925. The van der Waals surface area contributed by atoms with Gasteiger partial charge in [-0.2, -0.15) is 5.10 Å². The molecular weight excluding hydrogens is 382 g/mol. The highest BCUT2D eigenvalue weighted by molar-refractivity contribution is 6.31. The number of anilines is 1. The number of rotatable bonds is 11. The lowest BCUT2D eigenvalue weighted by molar-refractivity contribution is 0.304. The molecule has 1 aromatic heterocycles. The maximum absolute atomic E-state index is 6.03. The molecule has 0 aliphatic carbocycles. The summed E-state index contributed by atoms with van der Waals surface area (Å²) >= 11 is 6.03. The van der Waals surface area contributed by atoms with Gasteiger partial charge in [-0.3, -0.25) is 10.4 Å². The highest BCUT2D eigenvalue weighted by Crippen LogP contribution is 2.24. The van der Waals surface area contributed by atoms with E-state index in [-0.39, 0.29) is 0 Å². The van der Waals surface area contributed by atoms with Crippen molar-refractivity contribution in [2.75, 3.05) is 12.0 Å². The second-order valence-electron chi connectivity index (χ2n) is 7.08. The van der Waals surface area contributed by atoms with E-state index in [4.69, 9.17) is 16.3 Å². The number of hydrazone groups is 1. The maximum Gasteiger partial charge on any atom is 0.119 e. The largest absolute Gasteiger partial charge is 0.494 e. The Kier molecular flexibility index (Phi) is 8.32. The molecule has 0 saturated carbocycles. The summed E-state index contributed by atoms with van der Waals surface area (Å²) in [4.78, 5) is 4.34. The first-order valence-corrected chi connectivity index (χ1v) is 10.7. The molecule has 0 atom stereocenters. The van der Waals surface area contributed by atoms with Gasteiger partial charge in [0.2, 0.25) is 0 Å². The first-order chi connectivity index (χ1) is 14.3. The first kappa shape index (κ1) is 21.1. The SMILES string of the molecule is CCCCCCCCOc1ccc(/C=N/Nc2ccnc3cc(Cl)ccc23)cc1. The van der Waals surface area contributed by atoms with Gasteiger partial charge < -0.3 is 4.74 Å². The van der Waals surface area contributed by atoms with E-state index in [0.717, 1.165) is 40.9 Å². The molecule has 2 aromatic carbocycles. The number of fused-ring (bicyclic) bond motifs is 1. The summed E-state index contributed by atoms with van der Waals surface area (Å²) in [5, 5.41) is 6.00. The fourth-order valence-corrected chi connectivity index (χ4v) is 3.28. The summed E-state index contributed by atoms with van der Waals surface area (Å²) in [7, 11) is 0. The van der Waals surface area contributed by atoms with E-state index < -0.39 is 0 Å². The van der Waals surface area contributed by atoms with Crippen molar-refractivity contribution in [1.29, 1.82) is 0 Å². The molecule has 3 aromatic rings. The van der Waals surface area contributed by atoms with Crippen LogP contribution in [0.1, 0.15) is 51.0 Å². The zero-order valence-corrected chi connectivity index (χ0v) is 17.7. The Balaban J connectivity index is 1.47. The number of ether oxygens (including phenoxy) is 1. The quantitative estimate of drug-likeness (QED) is 0.209. The van der Waals surface area contributed by atoms with Crippen molar-refractivity contribution in [2.45, 2.75) is 45.4 Å². The molecule has 152 valence electrons. The second kappa shape index (κ2) is 11.4. The molecule has 0 saturated heterocycles. The van der Waals surface area contributed by atoms with E-state index >= 15 is 0 Å². The van der Waals surface area contributed by atoms with Crippen LogP contribution in [-0.2, 0) is 0 Å². The lowest BCUT2D eigenvalue weighted by atomic mass is 10.1. The molecule has 0 spiro atoms. The molecule has 0 aliphatic heterocycles. The lowest BCUT2D eigenvalue weighted by Crippen LogP contribution is -1.97. The predicted octanol–water partition coefficient (Wildman–Crippen LogP) is 7.07. The molecule has 0 fully saturated rings. The average molecular weight is 410 g/mol. The summed E-state index contributed by atoms with van der Waals surface area (Å²) in [6, 6.07) is 15.5. The number of nitrogens with zero attached hydrogens (tertiary/aromatic N) is 2. The van der Waals surface area contributed by atoms with Crippen molar-refractivity contribution in [1.82, 2.24) is 4.98 Å². The van der Waals surface area contributed by atoms with Crippen LogP contribution in [0.25, 0.3) is 10.9 Å². The number of halogens is 1. The van der Waals surface area contributed by atoms with Crippen LogP contribution in [0.15, 0.2) is 59.8 Å². The Hall–Kier alpha value is -2.59. The van der Waals surface area contributed by atoms with Crippen LogP contribution >= 0.6 is 11.6 Å². The van der Waals surface area contributed by atoms with Crippen LogP contribution in [0.2, 0.25) is 5.02 Å². The third-order valence-electron chi connectivity index (χ3n) is 4.75. The fraction of sp³-hybridized carbons (Fsp3) is 0.333. The minimum absolute atomic E-state index is 0.671. The van der Waals surface area contributed by atoms with Gasteiger partial charge in [-0.05, 0) is 60.5 Å². The third kappa shape index (κ3) is 6.75. The maximum atomic E-state index is 6.03. The standard InChI is InChI=1S/C24H28ClN3O/c1-2-3-4-5-6-7-16-29-21-11-8-19(9-12-21)18-27-28-23-14-15-26-24-17-20(25)10-13-22(23)24/h8-15,17-18H,2-7,16H2,1H3,(H,26,28)/b27-18+. The predicted molar refractivity (Wildman–Crippen MR) is 123 cm³/mol. The number of benzene rings is 2. The molecule has 0 bridgehead atoms. The van der Waals surface area contributed by atoms with E-state index in [1.165, 1.54) is 32.1 Å². The topological polar surface area (TPSA) is 46.5 Å². The monoisotopic (exact) mass is 409 g/mol. The summed E-state index contributed by atoms with van der Waals surface area (Å²) < 4.78 is 5.82. The highest BCUT2D eigenvalue weighted by atomic mass is 35.5. The molecule has 0 aliphatic rings. The van der Waals surface area contributed by atoms with Crippen molar-refractivity contribution in [3.63, 3.8) is 0 Å². The molecule has 5 heteroatoms. The normalized spacial score (nSPS) is 11.2. The summed E-state index contributed by atoms with van der Waals surface area (Å²) in [5.74, 6) is 0.903. The Morgan fingerprint density at radius 1 is 1.00 bits per heavy atom. The zero-order valence-electron chi connectivity index (χ0n) is 16.9. The summed E-state index contributed by atoms with van der Waals surface area (Å²) in [6.07, 6.45) is 11.2. The van der Waals surface area contributed by atoms with Crippen LogP contribution in [0.3, 0.4) is 0 Å². The Morgan fingerprint density at radius 2 is 1.79 bits per heavy atom. The lowest BCUT2D eigenvalue weighted by Gasteiger charge is -2.07. The summed E-state index contributed by atoms with van der Waals surface area (Å²) in [6.45, 7) is 3.02. The van der Waals surface area contributed by atoms with Crippen LogP contribution in [-0.4, -0.2) is 17.8 Å². The number of pyridine rings is 1. The van der Waals surface area contributed by atoms with Gasteiger partial charge in [0, 0.05) is 16.6 Å². The number of unbranched alkanes of at least 4 members (excludes halogenated alkanes) is 5. The number of hydrogen-bond acceptors (Lipinski definition) is 4. The van der Waals surface area contributed by atoms with Crippen LogP contribution in [0.5, 0.6) is 5.75 Å². The number of aromatic nitrogens is 1.